The van der Waals surface area contributed by atoms with Gasteiger partial charge in [0.25, 0.3) is 0 Å². The number of sulfone groups is 1. The Morgan fingerprint density at radius 2 is 1.86 bits per heavy atom. The van der Waals surface area contributed by atoms with Gasteiger partial charge in [-0.05, 0) is 52.1 Å². The number of nitrogens with zero attached hydrogens (tertiary/aromatic N) is 2. The van der Waals surface area contributed by atoms with Crippen LogP contribution in [0.1, 0.15) is 31.9 Å². The Kier molecular flexibility index (Phi) is 10.2. The number of rotatable bonds is 11. The second-order valence-corrected chi connectivity index (χ2v) is 9.54. The van der Waals surface area contributed by atoms with Crippen molar-refractivity contribution < 1.29 is 17.9 Å². The molecule has 0 saturated carbocycles. The van der Waals surface area contributed by atoms with Gasteiger partial charge in [-0.2, -0.15) is 0 Å². The highest BCUT2D eigenvalue weighted by Crippen LogP contribution is 2.31. The number of methoxy groups -OCH3 is 2. The minimum atomic E-state index is -2.98. The molecule has 0 bridgehead atoms. The summed E-state index contributed by atoms with van der Waals surface area (Å²) in [5.41, 5.74) is 1.07. The van der Waals surface area contributed by atoms with E-state index in [4.69, 9.17) is 14.5 Å². The Hall–Kier alpha value is -2.00. The molecule has 2 N–H and O–H groups in total. The fraction of sp³-hybridized carbons (Fsp3) is 0.650. The lowest BCUT2D eigenvalue weighted by atomic mass is 10.1. The molecule has 1 aromatic rings. The minimum Gasteiger partial charge on any atom is -0.493 e. The number of likely N-dealkylation sites (N-methyl/N-ethyl adjacent to an activating group) is 1. The first-order chi connectivity index (χ1) is 13.6. The lowest BCUT2D eigenvalue weighted by molar-refractivity contribution is 0.303. The largest absolute Gasteiger partial charge is 0.493 e. The van der Waals surface area contributed by atoms with Gasteiger partial charge >= 0.3 is 0 Å². The summed E-state index contributed by atoms with van der Waals surface area (Å²) in [6.07, 6.45) is 1.78. The van der Waals surface area contributed by atoms with E-state index in [-0.39, 0.29) is 17.8 Å². The van der Waals surface area contributed by atoms with Gasteiger partial charge < -0.3 is 25.0 Å². The van der Waals surface area contributed by atoms with Gasteiger partial charge in [0.15, 0.2) is 17.5 Å². The van der Waals surface area contributed by atoms with Crippen LogP contribution in [0.2, 0.25) is 0 Å². The van der Waals surface area contributed by atoms with Crippen molar-refractivity contribution in [3.8, 4) is 11.5 Å². The summed E-state index contributed by atoms with van der Waals surface area (Å²) >= 11 is 0. The molecule has 1 rings (SSSR count). The molecule has 0 fully saturated rings. The normalized spacial score (nSPS) is 14.4. The molecule has 0 radical (unpaired) electrons. The Morgan fingerprint density at radius 1 is 1.21 bits per heavy atom. The predicted octanol–water partition coefficient (Wildman–Crippen LogP) is 1.68. The van der Waals surface area contributed by atoms with E-state index in [1.54, 1.807) is 14.2 Å². The Bertz CT molecular complexity index is 766. The van der Waals surface area contributed by atoms with Crippen LogP contribution in [-0.4, -0.2) is 78.7 Å². The maximum absolute atomic E-state index is 11.4. The number of aliphatic imine (C=N–C) groups is 1. The van der Waals surface area contributed by atoms with Gasteiger partial charge in [0.05, 0.1) is 32.6 Å². The first kappa shape index (κ1) is 25.0. The SMILES string of the molecule is CCNC(=NCC(c1ccc(OC)c(OC)c1)N(C)C)NC(C)CCS(C)(=O)=O. The van der Waals surface area contributed by atoms with E-state index in [0.29, 0.717) is 37.0 Å². The monoisotopic (exact) mass is 428 g/mol. The standard InChI is InChI=1S/C20H36N4O4S/c1-8-21-20(23-15(2)11-12-29(7,25)26)22-14-17(24(3)4)16-9-10-18(27-5)19(13-16)28-6/h9-10,13,15,17H,8,11-12,14H2,1-7H3,(H2,21,22,23). The second kappa shape index (κ2) is 11.9. The number of hydrogen-bond acceptors (Lipinski definition) is 6. The van der Waals surface area contributed by atoms with Gasteiger partial charge in [0.1, 0.15) is 9.84 Å². The van der Waals surface area contributed by atoms with Crippen LogP contribution in [0, 0.1) is 0 Å². The van der Waals surface area contributed by atoms with E-state index < -0.39 is 9.84 Å². The van der Waals surface area contributed by atoms with Crippen LogP contribution in [-0.2, 0) is 9.84 Å². The maximum atomic E-state index is 11.4. The summed E-state index contributed by atoms with van der Waals surface area (Å²) in [6.45, 7) is 5.19. The molecule has 1 aromatic carbocycles. The molecular formula is C20H36N4O4S. The number of hydrogen-bond donors (Lipinski definition) is 2. The summed E-state index contributed by atoms with van der Waals surface area (Å²) in [7, 11) is 4.27. The number of ether oxygens (including phenoxy) is 2. The third-order valence-electron chi connectivity index (χ3n) is 4.49. The molecule has 0 aliphatic carbocycles. The molecule has 0 aliphatic rings. The van der Waals surface area contributed by atoms with Crippen LogP contribution in [0.15, 0.2) is 23.2 Å². The van der Waals surface area contributed by atoms with Gasteiger partial charge in [0, 0.05) is 18.8 Å². The zero-order chi connectivity index (χ0) is 22.0. The van der Waals surface area contributed by atoms with Crippen molar-refractivity contribution in [1.29, 1.82) is 0 Å². The van der Waals surface area contributed by atoms with Crippen LogP contribution in [0.3, 0.4) is 0 Å². The first-order valence-electron chi connectivity index (χ1n) is 9.72. The van der Waals surface area contributed by atoms with Crippen LogP contribution in [0.25, 0.3) is 0 Å². The minimum absolute atomic E-state index is 0.0126. The lowest BCUT2D eigenvalue weighted by Gasteiger charge is -2.25. The fourth-order valence-electron chi connectivity index (χ4n) is 2.82. The predicted molar refractivity (Wildman–Crippen MR) is 119 cm³/mol. The van der Waals surface area contributed by atoms with Crippen molar-refractivity contribution in [2.24, 2.45) is 4.99 Å². The van der Waals surface area contributed by atoms with Crippen molar-refractivity contribution in [3.05, 3.63) is 23.8 Å². The van der Waals surface area contributed by atoms with Gasteiger partial charge in [-0.3, -0.25) is 4.99 Å². The Balaban J connectivity index is 2.95. The molecule has 2 unspecified atom stereocenters. The molecular weight excluding hydrogens is 392 g/mol. The van der Waals surface area contributed by atoms with Crippen LogP contribution in [0.5, 0.6) is 11.5 Å². The molecule has 0 amide bonds. The van der Waals surface area contributed by atoms with Crippen LogP contribution in [0.4, 0.5) is 0 Å². The molecule has 0 aliphatic heterocycles. The molecule has 8 nitrogen and oxygen atoms in total. The van der Waals surface area contributed by atoms with Crippen LogP contribution < -0.4 is 20.1 Å². The molecule has 0 spiro atoms. The summed E-state index contributed by atoms with van der Waals surface area (Å²) < 4.78 is 33.5. The summed E-state index contributed by atoms with van der Waals surface area (Å²) in [6, 6.07) is 5.90. The average molecular weight is 429 g/mol. The highest BCUT2D eigenvalue weighted by molar-refractivity contribution is 7.90. The summed E-state index contributed by atoms with van der Waals surface area (Å²) in [4.78, 5) is 6.82. The van der Waals surface area contributed by atoms with Crippen molar-refractivity contribution in [3.63, 3.8) is 0 Å². The zero-order valence-electron chi connectivity index (χ0n) is 18.7. The van der Waals surface area contributed by atoms with Crippen LogP contribution >= 0.6 is 0 Å². The third-order valence-corrected chi connectivity index (χ3v) is 5.46. The second-order valence-electron chi connectivity index (χ2n) is 7.28. The van der Waals surface area contributed by atoms with Gasteiger partial charge in [-0.25, -0.2) is 8.42 Å². The van der Waals surface area contributed by atoms with Crippen molar-refractivity contribution >= 4 is 15.8 Å². The highest BCUT2D eigenvalue weighted by Gasteiger charge is 2.17. The van der Waals surface area contributed by atoms with Gasteiger partial charge in [-0.1, -0.05) is 6.07 Å². The smallest absolute Gasteiger partial charge is 0.191 e. The molecule has 0 aromatic heterocycles. The van der Waals surface area contributed by atoms with E-state index >= 15 is 0 Å². The van der Waals surface area contributed by atoms with E-state index in [2.05, 4.69) is 15.5 Å². The summed E-state index contributed by atoms with van der Waals surface area (Å²) in [5, 5.41) is 6.51. The Labute approximate surface area is 175 Å². The number of guanidine groups is 1. The molecule has 29 heavy (non-hydrogen) atoms. The first-order valence-corrected chi connectivity index (χ1v) is 11.8. The maximum Gasteiger partial charge on any atom is 0.191 e. The third kappa shape index (κ3) is 8.91. The quantitative estimate of drug-likeness (QED) is 0.409. The molecule has 0 saturated heterocycles. The fourth-order valence-corrected chi connectivity index (χ4v) is 3.60. The Morgan fingerprint density at radius 3 is 2.38 bits per heavy atom. The lowest BCUT2D eigenvalue weighted by Crippen LogP contribution is -2.43. The van der Waals surface area contributed by atoms with Crippen molar-refractivity contribution in [2.75, 3.05) is 53.4 Å². The van der Waals surface area contributed by atoms with E-state index in [9.17, 15) is 8.42 Å². The average Bonchev–Trinajstić information content (AvgIpc) is 2.65. The van der Waals surface area contributed by atoms with Crippen molar-refractivity contribution in [2.45, 2.75) is 32.4 Å². The van der Waals surface area contributed by atoms with E-state index in [1.165, 1.54) is 6.26 Å². The van der Waals surface area contributed by atoms with Gasteiger partial charge in [0.2, 0.25) is 0 Å². The topological polar surface area (TPSA) is 92.3 Å². The molecule has 2 atom stereocenters. The zero-order valence-corrected chi connectivity index (χ0v) is 19.5. The van der Waals surface area contributed by atoms with E-state index in [0.717, 1.165) is 5.56 Å². The molecule has 166 valence electrons. The highest BCUT2D eigenvalue weighted by atomic mass is 32.2. The van der Waals surface area contributed by atoms with E-state index in [1.807, 2.05) is 46.1 Å². The number of benzene rings is 1. The molecule has 0 heterocycles. The number of nitrogens with one attached hydrogen (secondary N) is 2. The summed E-state index contributed by atoms with van der Waals surface area (Å²) in [5.74, 6) is 2.18. The molecule has 9 heteroatoms. The van der Waals surface area contributed by atoms with Gasteiger partial charge in [-0.15, -0.1) is 0 Å². The van der Waals surface area contributed by atoms with Crippen molar-refractivity contribution in [1.82, 2.24) is 15.5 Å².